The highest BCUT2D eigenvalue weighted by Crippen LogP contribution is 2.24. The molecular weight excluding hydrogens is 258 g/mol. The van der Waals surface area contributed by atoms with E-state index in [1.807, 2.05) is 4.68 Å². The van der Waals surface area contributed by atoms with E-state index < -0.39 is 0 Å². The third kappa shape index (κ3) is 3.29. The summed E-state index contributed by atoms with van der Waals surface area (Å²) in [5.41, 5.74) is 7.16. The van der Waals surface area contributed by atoms with Crippen LogP contribution in [0.15, 0.2) is 10.7 Å². The van der Waals surface area contributed by atoms with E-state index in [1.54, 1.807) is 13.3 Å². The average Bonchev–Trinajstić information content (AvgIpc) is 2.57. The zero-order valence-electron chi connectivity index (χ0n) is 9.24. The van der Waals surface area contributed by atoms with Crippen LogP contribution in [-0.4, -0.2) is 23.5 Å². The van der Waals surface area contributed by atoms with E-state index in [0.717, 1.165) is 29.6 Å². The first kappa shape index (κ1) is 12.7. The van der Waals surface area contributed by atoms with Crippen molar-refractivity contribution in [2.24, 2.45) is 5.73 Å². The molecule has 0 aliphatic heterocycles. The van der Waals surface area contributed by atoms with Gasteiger partial charge in [0.2, 0.25) is 0 Å². The highest BCUT2D eigenvalue weighted by Gasteiger charge is 2.15. The van der Waals surface area contributed by atoms with E-state index in [0.29, 0.717) is 6.61 Å². The second-order valence-electron chi connectivity index (χ2n) is 3.49. The van der Waals surface area contributed by atoms with Crippen molar-refractivity contribution in [1.82, 2.24) is 9.78 Å². The lowest BCUT2D eigenvalue weighted by molar-refractivity contribution is 0.182. The third-order valence-electron chi connectivity index (χ3n) is 2.29. The lowest BCUT2D eigenvalue weighted by Crippen LogP contribution is -2.18. The van der Waals surface area contributed by atoms with Gasteiger partial charge in [0, 0.05) is 13.2 Å². The molecule has 1 heterocycles. The summed E-state index contributed by atoms with van der Waals surface area (Å²) in [7, 11) is 1.68. The number of aromatic nitrogens is 2. The third-order valence-corrected chi connectivity index (χ3v) is 2.90. The molecule has 1 aromatic rings. The minimum atomic E-state index is 0.0451. The Hall–Kier alpha value is -0.390. The summed E-state index contributed by atoms with van der Waals surface area (Å²) in [4.78, 5) is 0. The summed E-state index contributed by atoms with van der Waals surface area (Å²) in [5.74, 6) is 0. The molecule has 2 N–H and O–H groups in total. The molecule has 0 spiro atoms. The molecule has 0 saturated heterocycles. The first-order chi connectivity index (χ1) is 7.20. The predicted molar refractivity (Wildman–Crippen MR) is 63.6 cm³/mol. The largest absolute Gasteiger partial charge is 0.383 e. The Labute approximate surface area is 98.9 Å². The molecule has 0 saturated carbocycles. The summed E-state index contributed by atoms with van der Waals surface area (Å²) in [6.45, 7) is 3.53. The lowest BCUT2D eigenvalue weighted by atomic mass is 10.1. The maximum Gasteiger partial charge on any atom is 0.0694 e. The van der Waals surface area contributed by atoms with Crippen molar-refractivity contribution >= 4 is 15.9 Å². The van der Waals surface area contributed by atoms with Gasteiger partial charge in [-0.05, 0) is 22.4 Å². The zero-order valence-corrected chi connectivity index (χ0v) is 10.8. The number of nitrogens with zero attached hydrogens (tertiary/aromatic N) is 2. The summed E-state index contributed by atoms with van der Waals surface area (Å²) in [6.07, 6.45) is 3.83. The van der Waals surface area contributed by atoms with Crippen molar-refractivity contribution < 1.29 is 4.74 Å². The Bertz CT molecular complexity index is 301. The Balaban J connectivity index is 2.78. The van der Waals surface area contributed by atoms with E-state index in [4.69, 9.17) is 10.5 Å². The zero-order chi connectivity index (χ0) is 11.3. The van der Waals surface area contributed by atoms with E-state index in [9.17, 15) is 0 Å². The molecular formula is C10H18BrN3O. The van der Waals surface area contributed by atoms with Crippen LogP contribution < -0.4 is 5.73 Å². The van der Waals surface area contributed by atoms with Crippen molar-refractivity contribution in [2.45, 2.75) is 32.4 Å². The molecule has 4 nitrogen and oxygen atoms in total. The number of rotatable bonds is 6. The summed E-state index contributed by atoms with van der Waals surface area (Å²) >= 11 is 3.48. The SMILES string of the molecule is CCCC(N)c1c(Br)cnn1CCOC. The van der Waals surface area contributed by atoms with Gasteiger partial charge in [-0.1, -0.05) is 13.3 Å². The molecule has 0 aliphatic carbocycles. The minimum Gasteiger partial charge on any atom is -0.383 e. The molecule has 1 aromatic heterocycles. The normalized spacial score (nSPS) is 13.1. The number of methoxy groups -OCH3 is 1. The lowest BCUT2D eigenvalue weighted by Gasteiger charge is -2.14. The molecule has 15 heavy (non-hydrogen) atoms. The number of ether oxygens (including phenoxy) is 1. The molecule has 1 rings (SSSR count). The summed E-state index contributed by atoms with van der Waals surface area (Å²) in [6, 6.07) is 0.0451. The second-order valence-corrected chi connectivity index (χ2v) is 4.34. The fourth-order valence-electron chi connectivity index (χ4n) is 1.54. The highest BCUT2D eigenvalue weighted by atomic mass is 79.9. The van der Waals surface area contributed by atoms with Crippen molar-refractivity contribution in [3.8, 4) is 0 Å². The van der Waals surface area contributed by atoms with Crippen molar-refractivity contribution in [2.75, 3.05) is 13.7 Å². The Kier molecular flexibility index (Phi) is 5.28. The standard InChI is InChI=1S/C10H18BrN3O/c1-3-4-9(12)10-8(11)7-13-14(10)5-6-15-2/h7,9H,3-6,12H2,1-2H3. The van der Waals surface area contributed by atoms with E-state index in [2.05, 4.69) is 28.0 Å². The van der Waals surface area contributed by atoms with E-state index in [1.165, 1.54) is 0 Å². The topological polar surface area (TPSA) is 53.1 Å². The fourth-order valence-corrected chi connectivity index (χ4v) is 2.13. The van der Waals surface area contributed by atoms with Crippen LogP contribution >= 0.6 is 15.9 Å². The Morgan fingerprint density at radius 3 is 3.00 bits per heavy atom. The molecule has 5 heteroatoms. The van der Waals surface area contributed by atoms with Crippen LogP contribution in [0, 0.1) is 0 Å². The van der Waals surface area contributed by atoms with Gasteiger partial charge >= 0.3 is 0 Å². The van der Waals surface area contributed by atoms with Gasteiger partial charge in [0.1, 0.15) is 0 Å². The predicted octanol–water partition coefficient (Wildman–Crippen LogP) is 2.09. The Morgan fingerprint density at radius 1 is 1.67 bits per heavy atom. The van der Waals surface area contributed by atoms with Gasteiger partial charge in [-0.3, -0.25) is 4.68 Å². The van der Waals surface area contributed by atoms with Crippen LogP contribution in [-0.2, 0) is 11.3 Å². The van der Waals surface area contributed by atoms with Gasteiger partial charge in [0.05, 0.1) is 29.5 Å². The van der Waals surface area contributed by atoms with Crippen molar-refractivity contribution in [3.05, 3.63) is 16.4 Å². The Morgan fingerprint density at radius 2 is 2.40 bits per heavy atom. The molecule has 86 valence electrons. The first-order valence-electron chi connectivity index (χ1n) is 5.16. The summed E-state index contributed by atoms with van der Waals surface area (Å²) < 4.78 is 7.93. The molecule has 0 aliphatic rings. The van der Waals surface area contributed by atoms with Crippen LogP contribution in [0.3, 0.4) is 0 Å². The van der Waals surface area contributed by atoms with Gasteiger partial charge in [-0.2, -0.15) is 5.10 Å². The van der Waals surface area contributed by atoms with Crippen LogP contribution in [0.1, 0.15) is 31.5 Å². The maximum absolute atomic E-state index is 6.09. The maximum atomic E-state index is 6.09. The molecule has 0 aromatic carbocycles. The number of hydrogen-bond donors (Lipinski definition) is 1. The molecule has 0 fully saturated rings. The fraction of sp³-hybridized carbons (Fsp3) is 0.700. The number of nitrogens with two attached hydrogens (primary N) is 1. The number of halogens is 1. The highest BCUT2D eigenvalue weighted by molar-refractivity contribution is 9.10. The van der Waals surface area contributed by atoms with Crippen LogP contribution in [0.2, 0.25) is 0 Å². The monoisotopic (exact) mass is 275 g/mol. The van der Waals surface area contributed by atoms with Gasteiger partial charge < -0.3 is 10.5 Å². The molecule has 0 radical (unpaired) electrons. The van der Waals surface area contributed by atoms with Crippen LogP contribution in [0.4, 0.5) is 0 Å². The quantitative estimate of drug-likeness (QED) is 0.865. The van der Waals surface area contributed by atoms with Crippen LogP contribution in [0.5, 0.6) is 0 Å². The number of hydrogen-bond acceptors (Lipinski definition) is 3. The smallest absolute Gasteiger partial charge is 0.0694 e. The van der Waals surface area contributed by atoms with Crippen molar-refractivity contribution in [1.29, 1.82) is 0 Å². The molecule has 0 bridgehead atoms. The molecule has 1 atom stereocenters. The van der Waals surface area contributed by atoms with Crippen LogP contribution in [0.25, 0.3) is 0 Å². The first-order valence-corrected chi connectivity index (χ1v) is 5.95. The minimum absolute atomic E-state index is 0.0451. The molecule has 0 amide bonds. The average molecular weight is 276 g/mol. The van der Waals surface area contributed by atoms with E-state index in [-0.39, 0.29) is 6.04 Å². The molecule has 1 unspecified atom stereocenters. The van der Waals surface area contributed by atoms with Gasteiger partial charge in [0.25, 0.3) is 0 Å². The van der Waals surface area contributed by atoms with Crippen molar-refractivity contribution in [3.63, 3.8) is 0 Å². The van der Waals surface area contributed by atoms with E-state index >= 15 is 0 Å². The second kappa shape index (κ2) is 6.25. The van der Waals surface area contributed by atoms with Gasteiger partial charge in [-0.25, -0.2) is 0 Å². The summed E-state index contributed by atoms with van der Waals surface area (Å²) in [5, 5.41) is 4.27. The van der Waals surface area contributed by atoms with Gasteiger partial charge in [-0.15, -0.1) is 0 Å². The van der Waals surface area contributed by atoms with Gasteiger partial charge in [0.15, 0.2) is 0 Å².